The zero-order chi connectivity index (χ0) is 7.94. The predicted molar refractivity (Wildman–Crippen MR) is 45.6 cm³/mol. The largest absolute Gasteiger partial charge is 0.379 e. The molecule has 0 aromatic rings. The molecule has 0 spiro atoms. The molecular weight excluding hydrogens is 138 g/mol. The molecule has 2 heteroatoms. The van der Waals surface area contributed by atoms with Gasteiger partial charge in [0, 0.05) is 19.6 Å². The zero-order valence-corrected chi connectivity index (χ0v) is 7.05. The lowest BCUT2D eigenvalue weighted by Gasteiger charge is -2.24. The molecule has 0 N–H and O–H groups in total. The lowest BCUT2D eigenvalue weighted by atomic mass is 10.4. The summed E-state index contributed by atoms with van der Waals surface area (Å²) in [7, 11) is 0. The monoisotopic (exact) mass is 153 g/mol. The van der Waals surface area contributed by atoms with Crippen molar-refractivity contribution in [1.82, 2.24) is 4.90 Å². The Hall–Kier alpha value is -0.560. The second-order valence-corrected chi connectivity index (χ2v) is 2.57. The fraction of sp³-hybridized carbons (Fsp3) is 0.667. The molecular formula is C9H15NO. The first kappa shape index (κ1) is 8.54. The first-order valence-electron chi connectivity index (χ1n) is 4.09. The molecule has 62 valence electrons. The first-order chi connectivity index (χ1) is 5.43. The third-order valence-corrected chi connectivity index (χ3v) is 1.74. The summed E-state index contributed by atoms with van der Waals surface area (Å²) >= 11 is 0. The highest BCUT2D eigenvalue weighted by Gasteiger charge is 2.06. The zero-order valence-electron chi connectivity index (χ0n) is 7.05. The molecule has 0 aromatic heterocycles. The Balaban J connectivity index is 2.19. The highest BCUT2D eigenvalue weighted by Crippen LogP contribution is 1.95. The maximum absolute atomic E-state index is 5.22. The van der Waals surface area contributed by atoms with Crippen molar-refractivity contribution in [3.05, 3.63) is 17.9 Å². The van der Waals surface area contributed by atoms with E-state index < -0.39 is 0 Å². The number of nitrogens with zero attached hydrogens (tertiary/aromatic N) is 1. The molecule has 1 fully saturated rings. The van der Waals surface area contributed by atoms with E-state index in [0.29, 0.717) is 0 Å². The van der Waals surface area contributed by atoms with E-state index in [1.165, 1.54) is 0 Å². The SMILES string of the molecule is CC=C=CCN1CCOCC1. The number of morpholine rings is 1. The molecule has 0 radical (unpaired) electrons. The minimum Gasteiger partial charge on any atom is -0.379 e. The van der Waals surface area contributed by atoms with Crippen molar-refractivity contribution in [3.8, 4) is 0 Å². The molecule has 0 aromatic carbocycles. The molecule has 0 unspecified atom stereocenters. The summed E-state index contributed by atoms with van der Waals surface area (Å²) in [6.45, 7) is 6.86. The fourth-order valence-corrected chi connectivity index (χ4v) is 1.08. The Labute approximate surface area is 68.1 Å². The van der Waals surface area contributed by atoms with Crippen LogP contribution < -0.4 is 0 Å². The third-order valence-electron chi connectivity index (χ3n) is 1.74. The third kappa shape index (κ3) is 3.38. The van der Waals surface area contributed by atoms with Gasteiger partial charge in [0.15, 0.2) is 0 Å². The second kappa shape index (κ2) is 5.14. The van der Waals surface area contributed by atoms with Crippen LogP contribution in [-0.4, -0.2) is 37.7 Å². The maximum Gasteiger partial charge on any atom is 0.0594 e. The molecule has 1 heterocycles. The van der Waals surface area contributed by atoms with Gasteiger partial charge in [0.05, 0.1) is 13.2 Å². The van der Waals surface area contributed by atoms with E-state index in [-0.39, 0.29) is 0 Å². The smallest absolute Gasteiger partial charge is 0.0594 e. The summed E-state index contributed by atoms with van der Waals surface area (Å²) in [6.07, 6.45) is 3.99. The lowest BCUT2D eigenvalue weighted by molar-refractivity contribution is 0.0434. The van der Waals surface area contributed by atoms with Gasteiger partial charge < -0.3 is 4.74 Å². The van der Waals surface area contributed by atoms with Crippen molar-refractivity contribution < 1.29 is 4.74 Å². The molecule has 0 saturated carbocycles. The van der Waals surface area contributed by atoms with E-state index in [9.17, 15) is 0 Å². The van der Waals surface area contributed by atoms with Gasteiger partial charge in [-0.05, 0) is 19.1 Å². The van der Waals surface area contributed by atoms with Crippen LogP contribution in [0.25, 0.3) is 0 Å². The summed E-state index contributed by atoms with van der Waals surface area (Å²) in [5.74, 6) is 0. The van der Waals surface area contributed by atoms with Crippen LogP contribution in [0.3, 0.4) is 0 Å². The normalized spacial score (nSPS) is 19.0. The van der Waals surface area contributed by atoms with Gasteiger partial charge in [0.25, 0.3) is 0 Å². The van der Waals surface area contributed by atoms with E-state index in [2.05, 4.69) is 16.7 Å². The Morgan fingerprint density at radius 2 is 2.18 bits per heavy atom. The van der Waals surface area contributed by atoms with E-state index in [0.717, 1.165) is 32.8 Å². The van der Waals surface area contributed by atoms with Gasteiger partial charge in [0.2, 0.25) is 0 Å². The van der Waals surface area contributed by atoms with Crippen LogP contribution in [0.1, 0.15) is 6.92 Å². The van der Waals surface area contributed by atoms with Crippen molar-refractivity contribution >= 4 is 0 Å². The standard InChI is InChI=1S/C9H15NO/c1-2-3-4-5-10-6-8-11-9-7-10/h2,4H,5-9H2,1H3. The number of ether oxygens (including phenoxy) is 1. The summed E-state index contributed by atoms with van der Waals surface area (Å²) in [4.78, 5) is 2.36. The molecule has 0 atom stereocenters. The van der Waals surface area contributed by atoms with E-state index in [4.69, 9.17) is 4.74 Å². The minimum atomic E-state index is 0.879. The van der Waals surface area contributed by atoms with Gasteiger partial charge in [-0.1, -0.05) is 0 Å². The van der Waals surface area contributed by atoms with Crippen LogP contribution in [0.4, 0.5) is 0 Å². The average molecular weight is 153 g/mol. The van der Waals surface area contributed by atoms with Gasteiger partial charge in [0.1, 0.15) is 0 Å². The predicted octanol–water partition coefficient (Wildman–Crippen LogP) is 1.05. The van der Waals surface area contributed by atoms with Crippen LogP contribution in [0.5, 0.6) is 0 Å². The Morgan fingerprint density at radius 3 is 2.82 bits per heavy atom. The molecule has 1 aliphatic rings. The van der Waals surface area contributed by atoms with Crippen molar-refractivity contribution in [1.29, 1.82) is 0 Å². The van der Waals surface area contributed by atoms with Crippen LogP contribution in [0.15, 0.2) is 17.9 Å². The molecule has 0 bridgehead atoms. The Bertz CT molecular complexity index is 153. The average Bonchev–Trinajstić information content (AvgIpc) is 2.07. The molecule has 1 aliphatic heterocycles. The Kier molecular flexibility index (Phi) is 3.99. The molecule has 1 saturated heterocycles. The number of hydrogen-bond acceptors (Lipinski definition) is 2. The highest BCUT2D eigenvalue weighted by atomic mass is 16.5. The topological polar surface area (TPSA) is 12.5 Å². The van der Waals surface area contributed by atoms with E-state index >= 15 is 0 Å². The number of hydrogen-bond donors (Lipinski definition) is 0. The van der Waals surface area contributed by atoms with Gasteiger partial charge in [-0.3, -0.25) is 4.90 Å². The van der Waals surface area contributed by atoms with Gasteiger partial charge >= 0.3 is 0 Å². The van der Waals surface area contributed by atoms with Crippen molar-refractivity contribution in [3.63, 3.8) is 0 Å². The quantitative estimate of drug-likeness (QED) is 0.550. The molecule has 2 nitrogen and oxygen atoms in total. The van der Waals surface area contributed by atoms with Gasteiger partial charge in [-0.25, -0.2) is 0 Å². The van der Waals surface area contributed by atoms with E-state index in [1.807, 2.05) is 13.0 Å². The van der Waals surface area contributed by atoms with Gasteiger partial charge in [-0.2, -0.15) is 0 Å². The van der Waals surface area contributed by atoms with Crippen molar-refractivity contribution in [2.45, 2.75) is 6.92 Å². The Morgan fingerprint density at radius 1 is 1.45 bits per heavy atom. The number of rotatable bonds is 2. The highest BCUT2D eigenvalue weighted by molar-refractivity contribution is 4.85. The summed E-state index contributed by atoms with van der Waals surface area (Å²) in [5, 5.41) is 0. The van der Waals surface area contributed by atoms with E-state index in [1.54, 1.807) is 0 Å². The summed E-state index contributed by atoms with van der Waals surface area (Å²) in [6, 6.07) is 0. The molecule has 0 aliphatic carbocycles. The van der Waals surface area contributed by atoms with Crippen molar-refractivity contribution in [2.75, 3.05) is 32.8 Å². The minimum absolute atomic E-state index is 0.879. The summed E-state index contributed by atoms with van der Waals surface area (Å²) in [5.41, 5.74) is 3.06. The maximum atomic E-state index is 5.22. The van der Waals surface area contributed by atoms with Crippen LogP contribution in [0, 0.1) is 0 Å². The van der Waals surface area contributed by atoms with Crippen LogP contribution in [-0.2, 0) is 4.74 Å². The molecule has 1 rings (SSSR count). The first-order valence-corrected chi connectivity index (χ1v) is 4.09. The van der Waals surface area contributed by atoms with Gasteiger partial charge in [-0.15, -0.1) is 5.73 Å². The van der Waals surface area contributed by atoms with Crippen molar-refractivity contribution in [2.24, 2.45) is 0 Å². The second-order valence-electron chi connectivity index (χ2n) is 2.57. The lowest BCUT2D eigenvalue weighted by Crippen LogP contribution is -2.36. The molecule has 11 heavy (non-hydrogen) atoms. The van der Waals surface area contributed by atoms with Crippen LogP contribution in [0.2, 0.25) is 0 Å². The molecule has 0 amide bonds. The summed E-state index contributed by atoms with van der Waals surface area (Å²) < 4.78 is 5.22. The van der Waals surface area contributed by atoms with Crippen LogP contribution >= 0.6 is 0 Å². The fourth-order valence-electron chi connectivity index (χ4n) is 1.08.